The van der Waals surface area contributed by atoms with Gasteiger partial charge in [0.15, 0.2) is 0 Å². The van der Waals surface area contributed by atoms with Crippen molar-refractivity contribution in [1.29, 1.82) is 0 Å². The summed E-state index contributed by atoms with van der Waals surface area (Å²) in [5, 5.41) is 0.632. The number of benzene rings is 2. The van der Waals surface area contributed by atoms with Crippen LogP contribution in [0.5, 0.6) is 0 Å². The summed E-state index contributed by atoms with van der Waals surface area (Å²) in [6.07, 6.45) is 0. The van der Waals surface area contributed by atoms with Gasteiger partial charge in [-0.05, 0) is 43.3 Å². The molecule has 2 aromatic rings. The van der Waals surface area contributed by atoms with Crippen molar-refractivity contribution >= 4 is 29.1 Å². The topological polar surface area (TPSA) is 40.6 Å². The van der Waals surface area contributed by atoms with E-state index in [1.165, 1.54) is 0 Å². The van der Waals surface area contributed by atoms with Crippen molar-refractivity contribution in [2.75, 3.05) is 18.0 Å². The van der Waals surface area contributed by atoms with Gasteiger partial charge in [-0.3, -0.25) is 9.59 Å². The molecule has 118 valence electrons. The number of hydrogen-bond donors (Lipinski definition) is 0. The zero-order valence-electron chi connectivity index (χ0n) is 12.8. The highest BCUT2D eigenvalue weighted by molar-refractivity contribution is 6.30. The zero-order valence-corrected chi connectivity index (χ0v) is 13.5. The molecule has 0 radical (unpaired) electrons. The monoisotopic (exact) mass is 328 g/mol. The minimum absolute atomic E-state index is 0.0807. The summed E-state index contributed by atoms with van der Waals surface area (Å²) in [6, 6.07) is 15.7. The van der Waals surface area contributed by atoms with Gasteiger partial charge in [0.2, 0.25) is 5.91 Å². The van der Waals surface area contributed by atoms with Crippen LogP contribution in [0.1, 0.15) is 17.3 Å². The summed E-state index contributed by atoms with van der Waals surface area (Å²) < 4.78 is 0. The van der Waals surface area contributed by atoms with Gasteiger partial charge >= 0.3 is 0 Å². The minimum Gasteiger partial charge on any atom is -0.325 e. The van der Waals surface area contributed by atoms with E-state index in [2.05, 4.69) is 0 Å². The second-order valence-corrected chi connectivity index (χ2v) is 5.94. The number of anilines is 1. The van der Waals surface area contributed by atoms with Gasteiger partial charge in [0.1, 0.15) is 6.04 Å². The van der Waals surface area contributed by atoms with Crippen LogP contribution in [-0.2, 0) is 4.79 Å². The van der Waals surface area contributed by atoms with Crippen LogP contribution < -0.4 is 4.90 Å². The number of hydrogen-bond acceptors (Lipinski definition) is 2. The van der Waals surface area contributed by atoms with E-state index in [9.17, 15) is 9.59 Å². The van der Waals surface area contributed by atoms with Crippen molar-refractivity contribution in [2.45, 2.75) is 13.0 Å². The average Bonchev–Trinajstić information content (AvgIpc) is 2.58. The van der Waals surface area contributed by atoms with Crippen LogP contribution in [0.25, 0.3) is 0 Å². The van der Waals surface area contributed by atoms with E-state index in [4.69, 9.17) is 11.6 Å². The molecule has 0 unspecified atom stereocenters. The predicted octanol–water partition coefficient (Wildman–Crippen LogP) is 3.22. The third-order valence-electron chi connectivity index (χ3n) is 4.08. The van der Waals surface area contributed by atoms with Gasteiger partial charge in [-0.25, -0.2) is 0 Å². The number of carbonyl (C=O) groups is 2. The lowest BCUT2D eigenvalue weighted by atomic mass is 10.1. The van der Waals surface area contributed by atoms with Crippen LogP contribution in [0, 0.1) is 0 Å². The van der Waals surface area contributed by atoms with Crippen LogP contribution in [0.2, 0.25) is 5.02 Å². The Kier molecular flexibility index (Phi) is 4.35. The quantitative estimate of drug-likeness (QED) is 0.849. The lowest BCUT2D eigenvalue weighted by Gasteiger charge is -2.39. The summed E-state index contributed by atoms with van der Waals surface area (Å²) in [6.45, 7) is 2.75. The highest BCUT2D eigenvalue weighted by Gasteiger charge is 2.35. The molecule has 2 aromatic carbocycles. The fourth-order valence-electron chi connectivity index (χ4n) is 2.77. The molecular weight excluding hydrogens is 312 g/mol. The largest absolute Gasteiger partial charge is 0.325 e. The summed E-state index contributed by atoms with van der Waals surface area (Å²) in [7, 11) is 0. The lowest BCUT2D eigenvalue weighted by Crippen LogP contribution is -2.57. The third kappa shape index (κ3) is 3.08. The predicted molar refractivity (Wildman–Crippen MR) is 90.7 cm³/mol. The minimum atomic E-state index is -0.493. The van der Waals surface area contributed by atoms with Crippen LogP contribution in [0.3, 0.4) is 0 Å². The Morgan fingerprint density at radius 2 is 1.70 bits per heavy atom. The van der Waals surface area contributed by atoms with Gasteiger partial charge in [-0.15, -0.1) is 0 Å². The lowest BCUT2D eigenvalue weighted by molar-refractivity contribution is -0.124. The molecule has 1 atom stereocenters. The fraction of sp³-hybridized carbons (Fsp3) is 0.222. The molecule has 1 aliphatic rings. The summed E-state index contributed by atoms with van der Waals surface area (Å²) >= 11 is 5.89. The molecule has 0 aliphatic carbocycles. The maximum atomic E-state index is 12.7. The summed E-state index contributed by atoms with van der Waals surface area (Å²) in [4.78, 5) is 28.6. The molecule has 0 N–H and O–H groups in total. The molecule has 5 heteroatoms. The molecule has 4 nitrogen and oxygen atoms in total. The average molecular weight is 329 g/mol. The van der Waals surface area contributed by atoms with E-state index in [-0.39, 0.29) is 11.8 Å². The summed E-state index contributed by atoms with van der Waals surface area (Å²) in [5.41, 5.74) is 1.41. The first-order valence-corrected chi connectivity index (χ1v) is 7.88. The van der Waals surface area contributed by atoms with Crippen molar-refractivity contribution in [1.82, 2.24) is 4.90 Å². The Balaban J connectivity index is 1.79. The summed E-state index contributed by atoms with van der Waals surface area (Å²) in [5.74, 6) is -0.190. The Morgan fingerprint density at radius 3 is 2.35 bits per heavy atom. The maximum absolute atomic E-state index is 12.7. The molecule has 23 heavy (non-hydrogen) atoms. The Morgan fingerprint density at radius 1 is 1.04 bits per heavy atom. The molecular formula is C18H17ClN2O2. The molecule has 0 spiro atoms. The molecule has 0 saturated carbocycles. The van der Waals surface area contributed by atoms with Crippen LogP contribution in [0.15, 0.2) is 54.6 Å². The Labute approximate surface area is 140 Å². The molecule has 1 heterocycles. The standard InChI is InChI=1S/C18H17ClN2O2/c1-13-17(22)21(16-9-7-15(19)8-10-16)12-11-20(13)18(23)14-5-3-2-4-6-14/h2-10,13H,11-12H2,1H3/t13-/m1/s1. The van der Waals surface area contributed by atoms with Crippen molar-refractivity contribution in [2.24, 2.45) is 0 Å². The van der Waals surface area contributed by atoms with Gasteiger partial charge in [0.25, 0.3) is 5.91 Å². The second kappa shape index (κ2) is 6.42. The SMILES string of the molecule is C[C@@H]1C(=O)N(c2ccc(Cl)cc2)CCN1C(=O)c1ccccc1. The highest BCUT2D eigenvalue weighted by atomic mass is 35.5. The van der Waals surface area contributed by atoms with Gasteiger partial charge in [-0.2, -0.15) is 0 Å². The van der Waals surface area contributed by atoms with Gasteiger partial charge in [0, 0.05) is 29.4 Å². The zero-order chi connectivity index (χ0) is 16.4. The Hall–Kier alpha value is -2.33. The van der Waals surface area contributed by atoms with Crippen LogP contribution in [-0.4, -0.2) is 35.8 Å². The normalized spacial score (nSPS) is 18.2. The maximum Gasteiger partial charge on any atom is 0.254 e. The number of piperazine rings is 1. The fourth-order valence-corrected chi connectivity index (χ4v) is 2.90. The van der Waals surface area contributed by atoms with Crippen molar-refractivity contribution in [3.63, 3.8) is 0 Å². The third-order valence-corrected chi connectivity index (χ3v) is 4.33. The van der Waals surface area contributed by atoms with Crippen LogP contribution in [0.4, 0.5) is 5.69 Å². The molecule has 2 amide bonds. The molecule has 0 bridgehead atoms. The highest BCUT2D eigenvalue weighted by Crippen LogP contribution is 2.23. The van der Waals surface area contributed by atoms with E-state index in [1.807, 2.05) is 30.3 Å². The van der Waals surface area contributed by atoms with Gasteiger partial charge in [0.05, 0.1) is 0 Å². The first kappa shape index (κ1) is 15.6. The van der Waals surface area contributed by atoms with E-state index in [0.29, 0.717) is 23.7 Å². The number of carbonyl (C=O) groups excluding carboxylic acids is 2. The van der Waals surface area contributed by atoms with Gasteiger partial charge < -0.3 is 9.80 Å². The first-order valence-electron chi connectivity index (χ1n) is 7.51. The molecule has 3 rings (SSSR count). The smallest absolute Gasteiger partial charge is 0.254 e. The van der Waals surface area contributed by atoms with Crippen molar-refractivity contribution < 1.29 is 9.59 Å². The second-order valence-electron chi connectivity index (χ2n) is 5.51. The molecule has 1 fully saturated rings. The first-order chi connectivity index (χ1) is 11.1. The van der Waals surface area contributed by atoms with E-state index >= 15 is 0 Å². The van der Waals surface area contributed by atoms with Crippen LogP contribution >= 0.6 is 11.6 Å². The molecule has 1 saturated heterocycles. The van der Waals surface area contributed by atoms with Gasteiger partial charge in [-0.1, -0.05) is 29.8 Å². The number of nitrogens with zero attached hydrogens (tertiary/aromatic N) is 2. The van der Waals surface area contributed by atoms with E-state index in [0.717, 1.165) is 5.69 Å². The van der Waals surface area contributed by atoms with E-state index in [1.54, 1.807) is 41.0 Å². The van der Waals surface area contributed by atoms with Crippen molar-refractivity contribution in [3.8, 4) is 0 Å². The number of amides is 2. The number of halogens is 1. The molecule has 0 aromatic heterocycles. The number of rotatable bonds is 2. The molecule has 1 aliphatic heterocycles. The van der Waals surface area contributed by atoms with Crippen molar-refractivity contribution in [3.05, 3.63) is 65.2 Å². The van der Waals surface area contributed by atoms with E-state index < -0.39 is 6.04 Å². The Bertz CT molecular complexity index is 716.